The predicted molar refractivity (Wildman–Crippen MR) is 83.5 cm³/mol. The lowest BCUT2D eigenvalue weighted by molar-refractivity contribution is -0.117. The molecule has 1 aromatic carbocycles. The number of amides is 1. The Bertz CT molecular complexity index is 567. The summed E-state index contributed by atoms with van der Waals surface area (Å²) in [4.78, 5) is 16.6. The van der Waals surface area contributed by atoms with Gasteiger partial charge in [-0.1, -0.05) is 43.7 Å². The third-order valence-electron chi connectivity index (χ3n) is 3.31. The van der Waals surface area contributed by atoms with Crippen molar-refractivity contribution in [3.8, 4) is 5.88 Å². The van der Waals surface area contributed by atoms with Gasteiger partial charge in [0.15, 0.2) is 0 Å². The van der Waals surface area contributed by atoms with Gasteiger partial charge in [-0.15, -0.1) is 0 Å². The molecule has 0 aliphatic carbocycles. The first-order valence-corrected chi connectivity index (χ1v) is 7.10. The van der Waals surface area contributed by atoms with Gasteiger partial charge in [0, 0.05) is 6.07 Å². The van der Waals surface area contributed by atoms with E-state index in [1.807, 2.05) is 30.3 Å². The van der Waals surface area contributed by atoms with E-state index in [0.717, 1.165) is 18.4 Å². The fraction of sp³-hybridized carbons (Fsp3) is 0.294. The number of carbonyl (C=O) groups is 1. The molecule has 0 aliphatic heterocycles. The zero-order valence-corrected chi connectivity index (χ0v) is 12.4. The van der Waals surface area contributed by atoms with Crippen molar-refractivity contribution < 1.29 is 9.53 Å². The third kappa shape index (κ3) is 4.05. The lowest BCUT2D eigenvalue weighted by atomic mass is 9.93. The van der Waals surface area contributed by atoms with Crippen LogP contribution in [0.4, 0.5) is 5.69 Å². The van der Waals surface area contributed by atoms with Gasteiger partial charge >= 0.3 is 0 Å². The summed E-state index contributed by atoms with van der Waals surface area (Å²) in [6, 6.07) is 13.4. The van der Waals surface area contributed by atoms with Crippen molar-refractivity contribution in [3.63, 3.8) is 0 Å². The number of hydrogen-bond acceptors (Lipinski definition) is 3. The van der Waals surface area contributed by atoms with E-state index < -0.39 is 0 Å². The van der Waals surface area contributed by atoms with E-state index in [0.29, 0.717) is 11.6 Å². The highest BCUT2D eigenvalue weighted by molar-refractivity contribution is 5.95. The van der Waals surface area contributed by atoms with Crippen LogP contribution in [0.3, 0.4) is 0 Å². The van der Waals surface area contributed by atoms with Crippen molar-refractivity contribution in [1.29, 1.82) is 0 Å². The van der Waals surface area contributed by atoms with Crippen LogP contribution in [0.15, 0.2) is 48.7 Å². The Kier molecular flexibility index (Phi) is 5.32. The van der Waals surface area contributed by atoms with Gasteiger partial charge in [-0.25, -0.2) is 4.98 Å². The van der Waals surface area contributed by atoms with Crippen molar-refractivity contribution in [2.45, 2.75) is 25.7 Å². The van der Waals surface area contributed by atoms with Crippen molar-refractivity contribution in [2.24, 2.45) is 0 Å². The van der Waals surface area contributed by atoms with Crippen LogP contribution in [0.2, 0.25) is 0 Å². The van der Waals surface area contributed by atoms with Gasteiger partial charge in [0.05, 0.1) is 24.9 Å². The number of aromatic nitrogens is 1. The van der Waals surface area contributed by atoms with E-state index in [9.17, 15) is 4.79 Å². The normalized spacial score (nSPS) is 11.7. The molecule has 1 N–H and O–H groups in total. The Labute approximate surface area is 125 Å². The maximum Gasteiger partial charge on any atom is 0.231 e. The van der Waals surface area contributed by atoms with Crippen LogP contribution < -0.4 is 10.1 Å². The first-order valence-electron chi connectivity index (χ1n) is 7.10. The number of nitrogens with one attached hydrogen (secondary N) is 1. The maximum atomic E-state index is 12.5. The molecule has 0 aliphatic rings. The topological polar surface area (TPSA) is 51.2 Å². The average molecular weight is 284 g/mol. The van der Waals surface area contributed by atoms with Crippen molar-refractivity contribution in [3.05, 3.63) is 54.2 Å². The van der Waals surface area contributed by atoms with Crippen molar-refractivity contribution >= 4 is 11.6 Å². The van der Waals surface area contributed by atoms with Crippen LogP contribution >= 0.6 is 0 Å². The van der Waals surface area contributed by atoms with Gasteiger partial charge in [0.25, 0.3) is 0 Å². The molecule has 1 aromatic heterocycles. The summed E-state index contributed by atoms with van der Waals surface area (Å²) in [6.07, 6.45) is 3.37. The number of carbonyl (C=O) groups excluding carboxylic acids is 1. The summed E-state index contributed by atoms with van der Waals surface area (Å²) in [5.41, 5.74) is 1.72. The smallest absolute Gasteiger partial charge is 0.231 e. The van der Waals surface area contributed by atoms with Gasteiger partial charge in [0.1, 0.15) is 0 Å². The summed E-state index contributed by atoms with van der Waals surface area (Å²) in [7, 11) is 1.56. The lowest BCUT2D eigenvalue weighted by Gasteiger charge is -2.16. The number of nitrogens with zero attached hydrogens (tertiary/aromatic N) is 1. The molecule has 0 unspecified atom stereocenters. The van der Waals surface area contributed by atoms with Crippen LogP contribution in [0.25, 0.3) is 0 Å². The minimum atomic E-state index is -0.140. The zero-order chi connectivity index (χ0) is 15.1. The molecule has 21 heavy (non-hydrogen) atoms. The number of anilines is 1. The SMILES string of the molecule is CCC[C@H](C(=O)Nc1ccc(OC)nc1)c1ccccc1. The molecule has 0 bridgehead atoms. The Hall–Kier alpha value is -2.36. The second kappa shape index (κ2) is 7.43. The molecule has 0 radical (unpaired) electrons. The van der Waals surface area contributed by atoms with Crippen LogP contribution in [0.5, 0.6) is 5.88 Å². The van der Waals surface area contributed by atoms with Gasteiger partial charge in [-0.3, -0.25) is 4.79 Å². The van der Waals surface area contributed by atoms with Crippen molar-refractivity contribution in [2.75, 3.05) is 12.4 Å². The summed E-state index contributed by atoms with van der Waals surface area (Å²) < 4.78 is 5.01. The highest BCUT2D eigenvalue weighted by atomic mass is 16.5. The third-order valence-corrected chi connectivity index (χ3v) is 3.31. The fourth-order valence-corrected chi connectivity index (χ4v) is 2.23. The number of ether oxygens (including phenoxy) is 1. The average Bonchev–Trinajstić information content (AvgIpc) is 2.54. The number of pyridine rings is 1. The number of rotatable bonds is 6. The first-order chi connectivity index (χ1) is 10.2. The molecule has 0 saturated carbocycles. The molecule has 4 heteroatoms. The molecule has 1 atom stereocenters. The molecule has 4 nitrogen and oxygen atoms in total. The molecule has 0 fully saturated rings. The first kappa shape index (κ1) is 15.0. The highest BCUT2D eigenvalue weighted by Crippen LogP contribution is 2.23. The van der Waals surface area contributed by atoms with Gasteiger partial charge < -0.3 is 10.1 Å². The Morgan fingerprint density at radius 2 is 2.00 bits per heavy atom. The molecule has 1 heterocycles. The Morgan fingerprint density at radius 1 is 1.24 bits per heavy atom. The molecule has 2 rings (SSSR count). The van der Waals surface area contributed by atoms with E-state index in [-0.39, 0.29) is 11.8 Å². The molecule has 0 spiro atoms. The van der Waals surface area contributed by atoms with Gasteiger partial charge in [-0.05, 0) is 18.1 Å². The van der Waals surface area contributed by atoms with E-state index in [2.05, 4.69) is 17.2 Å². The van der Waals surface area contributed by atoms with Crippen LogP contribution in [-0.4, -0.2) is 18.0 Å². The second-order valence-electron chi connectivity index (χ2n) is 4.83. The monoisotopic (exact) mass is 284 g/mol. The molecule has 110 valence electrons. The molecule has 2 aromatic rings. The predicted octanol–water partition coefficient (Wildman–Crippen LogP) is 3.61. The van der Waals surface area contributed by atoms with Gasteiger partial charge in [-0.2, -0.15) is 0 Å². The zero-order valence-electron chi connectivity index (χ0n) is 12.4. The number of methoxy groups -OCH3 is 1. The second-order valence-corrected chi connectivity index (χ2v) is 4.83. The number of benzene rings is 1. The Balaban J connectivity index is 2.11. The highest BCUT2D eigenvalue weighted by Gasteiger charge is 2.19. The quantitative estimate of drug-likeness (QED) is 0.881. The van der Waals surface area contributed by atoms with Gasteiger partial charge in [0.2, 0.25) is 11.8 Å². The van der Waals surface area contributed by atoms with Crippen LogP contribution in [0, 0.1) is 0 Å². The lowest BCUT2D eigenvalue weighted by Crippen LogP contribution is -2.21. The van der Waals surface area contributed by atoms with Crippen LogP contribution in [-0.2, 0) is 4.79 Å². The van der Waals surface area contributed by atoms with E-state index in [4.69, 9.17) is 4.74 Å². The standard InChI is InChI=1S/C17H20N2O2/c1-3-7-15(13-8-5-4-6-9-13)17(20)19-14-10-11-16(21-2)18-12-14/h4-6,8-12,15H,3,7H2,1-2H3,(H,19,20)/t15-/m0/s1. The summed E-state index contributed by atoms with van der Waals surface area (Å²) in [5.74, 6) is 0.384. The van der Waals surface area contributed by atoms with E-state index in [1.54, 1.807) is 25.4 Å². The Morgan fingerprint density at radius 3 is 2.57 bits per heavy atom. The minimum Gasteiger partial charge on any atom is -0.481 e. The summed E-state index contributed by atoms with van der Waals surface area (Å²) in [6.45, 7) is 2.08. The number of hydrogen-bond donors (Lipinski definition) is 1. The molecular formula is C17H20N2O2. The van der Waals surface area contributed by atoms with E-state index in [1.165, 1.54) is 0 Å². The molecule has 1 amide bonds. The van der Waals surface area contributed by atoms with Crippen molar-refractivity contribution in [1.82, 2.24) is 4.98 Å². The van der Waals surface area contributed by atoms with Crippen LogP contribution in [0.1, 0.15) is 31.2 Å². The largest absolute Gasteiger partial charge is 0.481 e. The molecular weight excluding hydrogens is 264 g/mol. The minimum absolute atomic E-state index is 0.00461. The fourth-order valence-electron chi connectivity index (χ4n) is 2.23. The summed E-state index contributed by atoms with van der Waals surface area (Å²) >= 11 is 0. The van der Waals surface area contributed by atoms with E-state index >= 15 is 0 Å². The molecule has 0 saturated heterocycles. The maximum absolute atomic E-state index is 12.5. The summed E-state index contributed by atoms with van der Waals surface area (Å²) in [5, 5.41) is 2.92.